The molecule has 0 amide bonds. The van der Waals surface area contributed by atoms with Gasteiger partial charge < -0.3 is 14.5 Å². The Bertz CT molecular complexity index is 920. The van der Waals surface area contributed by atoms with Crippen LogP contribution in [0.15, 0.2) is 46.2 Å². The van der Waals surface area contributed by atoms with Crippen LogP contribution in [0.1, 0.15) is 5.56 Å². The molecule has 2 N–H and O–H groups in total. The highest BCUT2D eigenvalue weighted by Gasteiger charge is 2.31. The summed E-state index contributed by atoms with van der Waals surface area (Å²) in [6, 6.07) is 4.97. The first-order valence-electron chi connectivity index (χ1n) is 5.87. The molecule has 21 heavy (non-hydrogen) atoms. The Morgan fingerprint density at radius 1 is 0.952 bits per heavy atom. The molecule has 0 atom stereocenters. The minimum atomic E-state index is -4.57. The van der Waals surface area contributed by atoms with Gasteiger partial charge in [0.05, 0.1) is 22.3 Å². The summed E-state index contributed by atoms with van der Waals surface area (Å²) in [5.41, 5.74) is -2.67. The predicted molar refractivity (Wildman–Crippen MR) is 69.5 cm³/mol. The second-order valence-corrected chi connectivity index (χ2v) is 4.41. The van der Waals surface area contributed by atoms with Gasteiger partial charge in [0.2, 0.25) is 0 Å². The van der Waals surface area contributed by atoms with E-state index in [1.54, 1.807) is 24.5 Å². The number of benzene rings is 1. The molecule has 2 heterocycles. The number of fused-ring (bicyclic) bond motifs is 1. The van der Waals surface area contributed by atoms with Gasteiger partial charge in [-0.3, -0.25) is 9.59 Å². The molecule has 0 saturated carbocycles. The van der Waals surface area contributed by atoms with Gasteiger partial charge in [-0.25, -0.2) is 0 Å². The van der Waals surface area contributed by atoms with E-state index in [0.717, 1.165) is 12.1 Å². The number of aromatic amines is 2. The molecule has 108 valence electrons. The van der Waals surface area contributed by atoms with Gasteiger partial charge in [0.25, 0.3) is 0 Å². The Labute approximate surface area is 114 Å². The van der Waals surface area contributed by atoms with Crippen LogP contribution in [-0.2, 0) is 6.18 Å². The van der Waals surface area contributed by atoms with Crippen molar-refractivity contribution in [3.05, 3.63) is 62.9 Å². The molecule has 1 aromatic carbocycles. The fourth-order valence-electron chi connectivity index (χ4n) is 2.07. The second-order valence-electron chi connectivity index (χ2n) is 4.41. The molecule has 3 aromatic rings. The van der Waals surface area contributed by atoms with Crippen molar-refractivity contribution in [1.82, 2.24) is 14.5 Å². The van der Waals surface area contributed by atoms with E-state index in [1.807, 2.05) is 0 Å². The lowest BCUT2D eigenvalue weighted by molar-refractivity contribution is -0.137. The zero-order valence-corrected chi connectivity index (χ0v) is 10.4. The van der Waals surface area contributed by atoms with Crippen molar-refractivity contribution in [2.45, 2.75) is 6.18 Å². The fraction of sp³-hybridized carbons (Fsp3) is 0.0769. The topological polar surface area (TPSA) is 70.7 Å². The summed E-state index contributed by atoms with van der Waals surface area (Å²) in [4.78, 5) is 27.2. The van der Waals surface area contributed by atoms with Crippen LogP contribution in [0.2, 0.25) is 0 Å². The number of aromatic nitrogens is 3. The van der Waals surface area contributed by atoms with E-state index in [4.69, 9.17) is 0 Å². The van der Waals surface area contributed by atoms with Gasteiger partial charge in [0, 0.05) is 12.4 Å². The molecule has 0 aliphatic carbocycles. The third-order valence-electron chi connectivity index (χ3n) is 3.02. The van der Waals surface area contributed by atoms with Crippen molar-refractivity contribution >= 4 is 11.0 Å². The Morgan fingerprint density at radius 2 is 1.57 bits per heavy atom. The molecule has 8 heteroatoms. The van der Waals surface area contributed by atoms with Crippen LogP contribution in [0.5, 0.6) is 0 Å². The van der Waals surface area contributed by atoms with Crippen molar-refractivity contribution in [2.24, 2.45) is 0 Å². The largest absolute Gasteiger partial charge is 0.416 e. The number of rotatable bonds is 1. The number of nitrogens with one attached hydrogen (secondary N) is 2. The van der Waals surface area contributed by atoms with E-state index in [-0.39, 0.29) is 16.7 Å². The quantitative estimate of drug-likeness (QED) is 0.674. The van der Waals surface area contributed by atoms with Crippen molar-refractivity contribution in [3.8, 4) is 5.69 Å². The van der Waals surface area contributed by atoms with Crippen LogP contribution in [0.4, 0.5) is 13.2 Å². The minimum absolute atomic E-state index is 0.0851. The molecule has 0 aliphatic rings. The maximum atomic E-state index is 12.9. The van der Waals surface area contributed by atoms with Crippen LogP contribution >= 0.6 is 0 Å². The summed E-state index contributed by atoms with van der Waals surface area (Å²) < 4.78 is 40.3. The smallest absolute Gasteiger partial charge is 0.322 e. The molecular formula is C13H8F3N3O2. The molecule has 0 bridgehead atoms. The van der Waals surface area contributed by atoms with Crippen molar-refractivity contribution in [2.75, 3.05) is 0 Å². The van der Waals surface area contributed by atoms with Gasteiger partial charge >= 0.3 is 17.3 Å². The number of hydrogen-bond donors (Lipinski definition) is 2. The minimum Gasteiger partial charge on any atom is -0.322 e. The van der Waals surface area contributed by atoms with E-state index < -0.39 is 22.9 Å². The average Bonchev–Trinajstić information content (AvgIpc) is 2.91. The number of alkyl halides is 3. The highest BCUT2D eigenvalue weighted by Crippen LogP contribution is 2.33. The third-order valence-corrected chi connectivity index (χ3v) is 3.02. The lowest BCUT2D eigenvalue weighted by Crippen LogP contribution is -2.29. The Kier molecular flexibility index (Phi) is 2.75. The van der Waals surface area contributed by atoms with Crippen molar-refractivity contribution in [1.29, 1.82) is 0 Å². The van der Waals surface area contributed by atoms with Crippen LogP contribution in [0, 0.1) is 0 Å². The molecule has 0 unspecified atom stereocenters. The van der Waals surface area contributed by atoms with E-state index in [2.05, 4.69) is 9.97 Å². The number of halogens is 3. The normalized spacial score (nSPS) is 12.0. The summed E-state index contributed by atoms with van der Waals surface area (Å²) in [5, 5.41) is 0. The van der Waals surface area contributed by atoms with Crippen LogP contribution in [0.25, 0.3) is 16.7 Å². The standard InChI is InChI=1S/C13H8F3N3O2/c14-13(15,16)7-5-8-10(18-12(21)11(20)17-8)9(6-7)19-3-1-2-4-19/h1-6H,(H,17,20)(H,18,21). The van der Waals surface area contributed by atoms with Gasteiger partial charge in [-0.1, -0.05) is 0 Å². The maximum absolute atomic E-state index is 12.9. The summed E-state index contributed by atoms with van der Waals surface area (Å²) in [7, 11) is 0. The Morgan fingerprint density at radius 3 is 2.19 bits per heavy atom. The number of nitrogens with zero attached hydrogens (tertiary/aromatic N) is 1. The maximum Gasteiger partial charge on any atom is 0.416 e. The monoisotopic (exact) mass is 295 g/mol. The van der Waals surface area contributed by atoms with Gasteiger partial charge in [-0.2, -0.15) is 13.2 Å². The summed E-state index contributed by atoms with van der Waals surface area (Å²) in [5.74, 6) is 0. The lowest BCUT2D eigenvalue weighted by Gasteiger charge is -2.12. The summed E-state index contributed by atoms with van der Waals surface area (Å²) in [6.45, 7) is 0. The first-order valence-corrected chi connectivity index (χ1v) is 5.87. The van der Waals surface area contributed by atoms with Crippen LogP contribution in [0.3, 0.4) is 0 Å². The molecule has 2 aromatic heterocycles. The molecule has 0 spiro atoms. The van der Waals surface area contributed by atoms with Gasteiger partial charge in [-0.15, -0.1) is 0 Å². The molecule has 0 radical (unpaired) electrons. The second kappa shape index (κ2) is 4.37. The summed E-state index contributed by atoms with van der Waals surface area (Å²) in [6.07, 6.45) is -1.49. The van der Waals surface area contributed by atoms with Gasteiger partial charge in [-0.05, 0) is 24.3 Å². The zero-order chi connectivity index (χ0) is 15.2. The molecule has 0 aliphatic heterocycles. The molecule has 0 fully saturated rings. The predicted octanol–water partition coefficient (Wildman–Crippen LogP) is 2.03. The van der Waals surface area contributed by atoms with Gasteiger partial charge in [0.15, 0.2) is 0 Å². The number of hydrogen-bond acceptors (Lipinski definition) is 2. The first kappa shape index (κ1) is 13.2. The Hall–Kier alpha value is -2.77. The van der Waals surface area contributed by atoms with E-state index >= 15 is 0 Å². The average molecular weight is 295 g/mol. The Balaban J connectivity index is 2.45. The zero-order valence-electron chi connectivity index (χ0n) is 10.4. The third kappa shape index (κ3) is 2.24. The highest BCUT2D eigenvalue weighted by atomic mass is 19.4. The molecular weight excluding hydrogens is 287 g/mol. The molecule has 3 rings (SSSR count). The SMILES string of the molecule is O=c1[nH]c2cc(C(F)(F)F)cc(-n3cccc3)c2[nH]c1=O. The molecule has 5 nitrogen and oxygen atoms in total. The van der Waals surface area contributed by atoms with Crippen LogP contribution in [-0.4, -0.2) is 14.5 Å². The fourth-order valence-corrected chi connectivity index (χ4v) is 2.07. The van der Waals surface area contributed by atoms with E-state index in [9.17, 15) is 22.8 Å². The lowest BCUT2D eigenvalue weighted by atomic mass is 10.1. The number of H-pyrrole nitrogens is 2. The van der Waals surface area contributed by atoms with Crippen molar-refractivity contribution < 1.29 is 13.2 Å². The van der Waals surface area contributed by atoms with Gasteiger partial charge in [0.1, 0.15) is 0 Å². The van der Waals surface area contributed by atoms with E-state index in [0.29, 0.717) is 0 Å². The van der Waals surface area contributed by atoms with Crippen molar-refractivity contribution in [3.63, 3.8) is 0 Å². The first-order chi connectivity index (χ1) is 9.86. The highest BCUT2D eigenvalue weighted by molar-refractivity contribution is 5.84. The van der Waals surface area contributed by atoms with Crippen LogP contribution < -0.4 is 11.1 Å². The molecule has 0 saturated heterocycles. The summed E-state index contributed by atoms with van der Waals surface area (Å²) >= 11 is 0. The van der Waals surface area contributed by atoms with E-state index in [1.165, 1.54) is 4.57 Å².